The highest BCUT2D eigenvalue weighted by molar-refractivity contribution is 5.96. The van der Waals surface area contributed by atoms with Gasteiger partial charge in [-0.2, -0.15) is 0 Å². The Kier molecular flexibility index (Phi) is 5.11. The number of nitrogens with one attached hydrogen (secondary N) is 3. The van der Waals surface area contributed by atoms with Crippen molar-refractivity contribution in [3.8, 4) is 0 Å². The molecule has 2 rings (SSSR count). The fourth-order valence-corrected chi connectivity index (χ4v) is 2.26. The van der Waals surface area contributed by atoms with E-state index >= 15 is 0 Å². The van der Waals surface area contributed by atoms with E-state index in [-0.39, 0.29) is 5.91 Å². The Hall–Kier alpha value is -2.57. The molecule has 0 aromatic heterocycles. The Morgan fingerprint density at radius 3 is 2.62 bits per heavy atom. The summed E-state index contributed by atoms with van der Waals surface area (Å²) in [4.78, 5) is 35.3. The van der Waals surface area contributed by atoms with Gasteiger partial charge < -0.3 is 20.7 Å². The zero-order valence-electron chi connectivity index (χ0n) is 14.4. The third-order valence-electron chi connectivity index (χ3n) is 3.37. The van der Waals surface area contributed by atoms with E-state index in [4.69, 9.17) is 4.74 Å². The van der Waals surface area contributed by atoms with Crippen molar-refractivity contribution in [2.24, 2.45) is 0 Å². The lowest BCUT2D eigenvalue weighted by molar-refractivity contribution is -0.156. The highest BCUT2D eigenvalue weighted by Gasteiger charge is 2.23. The van der Waals surface area contributed by atoms with Crippen LogP contribution in [0.5, 0.6) is 0 Å². The van der Waals surface area contributed by atoms with Gasteiger partial charge in [0.15, 0.2) is 0 Å². The number of benzene rings is 1. The van der Waals surface area contributed by atoms with Crippen molar-refractivity contribution in [2.45, 2.75) is 52.2 Å². The van der Waals surface area contributed by atoms with Crippen LogP contribution in [-0.4, -0.2) is 29.6 Å². The van der Waals surface area contributed by atoms with E-state index < -0.39 is 23.6 Å². The van der Waals surface area contributed by atoms with Crippen molar-refractivity contribution < 1.29 is 19.1 Å². The summed E-state index contributed by atoms with van der Waals surface area (Å²) in [7, 11) is 0. The maximum absolute atomic E-state index is 12.0. The second-order valence-electron chi connectivity index (χ2n) is 6.77. The van der Waals surface area contributed by atoms with Crippen molar-refractivity contribution in [3.05, 3.63) is 23.8 Å². The summed E-state index contributed by atoms with van der Waals surface area (Å²) in [6.45, 7) is 6.85. The molecule has 3 amide bonds. The summed E-state index contributed by atoms with van der Waals surface area (Å²) in [5.41, 5.74) is 1.65. The monoisotopic (exact) mass is 333 g/mol. The lowest BCUT2D eigenvalue weighted by atomic mass is 10.0. The molecule has 1 atom stereocenters. The number of amides is 3. The molecule has 3 N–H and O–H groups in total. The number of anilines is 2. The highest BCUT2D eigenvalue weighted by atomic mass is 16.6. The predicted molar refractivity (Wildman–Crippen MR) is 90.9 cm³/mol. The molecule has 1 aromatic rings. The maximum Gasteiger partial charge on any atom is 0.328 e. The van der Waals surface area contributed by atoms with Gasteiger partial charge >= 0.3 is 12.0 Å². The van der Waals surface area contributed by atoms with Crippen LogP contribution in [0.3, 0.4) is 0 Å². The van der Waals surface area contributed by atoms with Crippen molar-refractivity contribution in [3.63, 3.8) is 0 Å². The predicted octanol–water partition coefficient (Wildman–Crippen LogP) is 2.42. The quantitative estimate of drug-likeness (QED) is 0.740. The largest absolute Gasteiger partial charge is 0.458 e. The van der Waals surface area contributed by atoms with Crippen LogP contribution < -0.4 is 16.0 Å². The molecule has 7 heteroatoms. The van der Waals surface area contributed by atoms with E-state index in [2.05, 4.69) is 16.0 Å². The van der Waals surface area contributed by atoms with Crippen LogP contribution >= 0.6 is 0 Å². The first-order chi connectivity index (χ1) is 11.1. The van der Waals surface area contributed by atoms with Crippen LogP contribution in [0.1, 0.15) is 39.7 Å². The van der Waals surface area contributed by atoms with Crippen LogP contribution in [0, 0.1) is 0 Å². The smallest absolute Gasteiger partial charge is 0.328 e. The number of hydrogen-bond acceptors (Lipinski definition) is 4. The molecular weight excluding hydrogens is 310 g/mol. The van der Waals surface area contributed by atoms with Gasteiger partial charge in [-0.3, -0.25) is 4.79 Å². The Morgan fingerprint density at radius 1 is 1.25 bits per heavy atom. The second-order valence-corrected chi connectivity index (χ2v) is 6.77. The summed E-state index contributed by atoms with van der Waals surface area (Å²) in [5, 5.41) is 7.95. The second kappa shape index (κ2) is 6.90. The molecule has 0 unspecified atom stereocenters. The first kappa shape index (κ1) is 17.8. The van der Waals surface area contributed by atoms with Crippen LogP contribution in [0.2, 0.25) is 0 Å². The normalized spacial score (nSPS) is 14.9. The van der Waals surface area contributed by atoms with E-state index in [1.165, 1.54) is 0 Å². The molecule has 0 bridgehead atoms. The van der Waals surface area contributed by atoms with E-state index in [1.54, 1.807) is 39.8 Å². The van der Waals surface area contributed by atoms with Gasteiger partial charge in [-0.1, -0.05) is 6.07 Å². The van der Waals surface area contributed by atoms with Crippen molar-refractivity contribution in [2.75, 3.05) is 10.6 Å². The minimum atomic E-state index is -0.776. The average molecular weight is 333 g/mol. The molecule has 130 valence electrons. The molecule has 0 spiro atoms. The molecule has 0 saturated carbocycles. The molecule has 7 nitrogen and oxygen atoms in total. The zero-order chi connectivity index (χ0) is 17.9. The first-order valence-corrected chi connectivity index (χ1v) is 7.87. The summed E-state index contributed by atoms with van der Waals surface area (Å²) in [5.74, 6) is -0.544. The minimum absolute atomic E-state index is 0.0392. The van der Waals surface area contributed by atoms with Crippen LogP contribution in [0.25, 0.3) is 0 Å². The lowest BCUT2D eigenvalue weighted by Crippen LogP contribution is -2.44. The summed E-state index contributed by atoms with van der Waals surface area (Å²) >= 11 is 0. The van der Waals surface area contributed by atoms with E-state index in [0.717, 1.165) is 5.56 Å². The number of carbonyl (C=O) groups is 3. The molecular formula is C17H23N3O4. The number of carbonyl (C=O) groups excluding carboxylic acids is 3. The van der Waals surface area contributed by atoms with Gasteiger partial charge in [0.05, 0.1) is 0 Å². The fourth-order valence-electron chi connectivity index (χ4n) is 2.26. The minimum Gasteiger partial charge on any atom is -0.458 e. The van der Waals surface area contributed by atoms with Gasteiger partial charge in [-0.25, -0.2) is 9.59 Å². The molecule has 0 fully saturated rings. The summed E-state index contributed by atoms with van der Waals surface area (Å²) < 4.78 is 5.21. The van der Waals surface area contributed by atoms with Gasteiger partial charge in [-0.15, -0.1) is 0 Å². The molecule has 24 heavy (non-hydrogen) atoms. The Labute approximate surface area is 141 Å². The van der Waals surface area contributed by atoms with E-state index in [0.29, 0.717) is 24.2 Å². The zero-order valence-corrected chi connectivity index (χ0v) is 14.4. The fraction of sp³-hybridized carbons (Fsp3) is 0.471. The van der Waals surface area contributed by atoms with E-state index in [1.807, 2.05) is 6.07 Å². The van der Waals surface area contributed by atoms with E-state index in [9.17, 15) is 14.4 Å². The number of urea groups is 1. The maximum atomic E-state index is 12.0. The third kappa shape index (κ3) is 4.97. The topological polar surface area (TPSA) is 96.5 Å². The van der Waals surface area contributed by atoms with Gasteiger partial charge in [0.1, 0.15) is 11.6 Å². The Bertz CT molecular complexity index is 664. The number of esters is 1. The first-order valence-electron chi connectivity index (χ1n) is 7.87. The van der Waals surface area contributed by atoms with Crippen molar-refractivity contribution in [1.29, 1.82) is 0 Å². The molecule has 0 aliphatic carbocycles. The van der Waals surface area contributed by atoms with Gasteiger partial charge in [0.25, 0.3) is 0 Å². The van der Waals surface area contributed by atoms with Crippen molar-refractivity contribution >= 4 is 29.3 Å². The number of ether oxygens (including phenoxy) is 1. The van der Waals surface area contributed by atoms with Crippen molar-refractivity contribution in [1.82, 2.24) is 5.32 Å². The van der Waals surface area contributed by atoms with Gasteiger partial charge in [0, 0.05) is 17.8 Å². The van der Waals surface area contributed by atoms with Gasteiger partial charge in [0.2, 0.25) is 5.91 Å². The third-order valence-corrected chi connectivity index (χ3v) is 3.37. The van der Waals surface area contributed by atoms with Crippen LogP contribution in [0.4, 0.5) is 16.2 Å². The van der Waals surface area contributed by atoms with Crippen LogP contribution in [0.15, 0.2) is 18.2 Å². The van der Waals surface area contributed by atoms with Crippen LogP contribution in [-0.2, 0) is 20.7 Å². The average Bonchev–Trinajstić information content (AvgIpc) is 2.44. The molecule has 1 aliphatic heterocycles. The Balaban J connectivity index is 1.94. The Morgan fingerprint density at radius 2 is 1.96 bits per heavy atom. The highest BCUT2D eigenvalue weighted by Crippen LogP contribution is 2.25. The lowest BCUT2D eigenvalue weighted by Gasteiger charge is -2.23. The number of aryl methyl sites for hydroxylation is 1. The molecule has 0 saturated heterocycles. The SMILES string of the molecule is C[C@H](NC(=O)Nc1ccc2c(c1)NC(=O)CC2)C(=O)OC(C)(C)C. The number of fused-ring (bicyclic) bond motifs is 1. The number of rotatable bonds is 3. The number of hydrogen-bond donors (Lipinski definition) is 3. The molecule has 1 aromatic carbocycles. The molecule has 0 radical (unpaired) electrons. The molecule has 1 aliphatic rings. The standard InChI is InChI=1S/C17H23N3O4/c1-10(15(22)24-17(2,3)4)18-16(23)19-12-7-5-11-6-8-14(21)20-13(11)9-12/h5,7,9-10H,6,8H2,1-4H3,(H,20,21)(H2,18,19,23)/t10-/m0/s1. The molecule has 1 heterocycles. The van der Waals surface area contributed by atoms with Gasteiger partial charge in [-0.05, 0) is 51.8 Å². The summed E-state index contributed by atoms with van der Waals surface area (Å²) in [6.07, 6.45) is 1.15. The summed E-state index contributed by atoms with van der Waals surface area (Å²) in [6, 6.07) is 4.02.